The molecule has 5 nitrogen and oxygen atoms in total. The van der Waals surface area contributed by atoms with Gasteiger partial charge in [0, 0.05) is 6.54 Å². The summed E-state index contributed by atoms with van der Waals surface area (Å²) in [6, 6.07) is 5.68. The van der Waals surface area contributed by atoms with Crippen molar-refractivity contribution in [2.45, 2.75) is 26.8 Å². The van der Waals surface area contributed by atoms with E-state index >= 15 is 0 Å². The van der Waals surface area contributed by atoms with Crippen molar-refractivity contribution in [3.05, 3.63) is 23.8 Å². The fraction of sp³-hybridized carbons (Fsp3) is 0.533. The van der Waals surface area contributed by atoms with Crippen LogP contribution in [0.1, 0.15) is 25.8 Å². The Bertz CT molecular complexity index is 420. The Kier molecular flexibility index (Phi) is 7.50. The van der Waals surface area contributed by atoms with Crippen LogP contribution in [0.3, 0.4) is 0 Å². The van der Waals surface area contributed by atoms with Crippen molar-refractivity contribution in [3.63, 3.8) is 0 Å². The molecule has 0 saturated carbocycles. The smallest absolute Gasteiger partial charge is 0.344 e. The Morgan fingerprint density at radius 3 is 2.70 bits per heavy atom. The van der Waals surface area contributed by atoms with Crippen molar-refractivity contribution in [2.24, 2.45) is 0 Å². The molecule has 0 saturated heterocycles. The average molecular weight is 281 g/mol. The van der Waals surface area contributed by atoms with Gasteiger partial charge in [0.2, 0.25) is 0 Å². The highest BCUT2D eigenvalue weighted by molar-refractivity contribution is 5.71. The van der Waals surface area contributed by atoms with Gasteiger partial charge in [0.25, 0.3) is 0 Å². The van der Waals surface area contributed by atoms with Gasteiger partial charge in [-0.1, -0.05) is 13.0 Å². The fourth-order valence-corrected chi connectivity index (χ4v) is 1.69. The lowest BCUT2D eigenvalue weighted by Crippen LogP contribution is -2.16. The lowest BCUT2D eigenvalue weighted by Gasteiger charge is -2.12. The molecule has 0 bridgehead atoms. The first-order valence-electron chi connectivity index (χ1n) is 6.87. The Hall–Kier alpha value is -1.75. The predicted octanol–water partition coefficient (Wildman–Crippen LogP) is 2.14. The van der Waals surface area contributed by atoms with E-state index < -0.39 is 0 Å². The molecule has 0 aromatic heterocycles. The largest absolute Gasteiger partial charge is 0.493 e. The number of esters is 1. The van der Waals surface area contributed by atoms with E-state index in [9.17, 15) is 4.79 Å². The maximum Gasteiger partial charge on any atom is 0.344 e. The molecule has 112 valence electrons. The van der Waals surface area contributed by atoms with E-state index in [1.54, 1.807) is 14.0 Å². The van der Waals surface area contributed by atoms with E-state index in [4.69, 9.17) is 14.2 Å². The number of hydrogen-bond acceptors (Lipinski definition) is 5. The number of ether oxygens (including phenoxy) is 3. The van der Waals surface area contributed by atoms with Crippen LogP contribution in [0.2, 0.25) is 0 Å². The summed E-state index contributed by atoms with van der Waals surface area (Å²) < 4.78 is 15.5. The van der Waals surface area contributed by atoms with E-state index in [2.05, 4.69) is 12.2 Å². The molecule has 0 fully saturated rings. The molecule has 0 amide bonds. The van der Waals surface area contributed by atoms with E-state index in [-0.39, 0.29) is 12.6 Å². The first kappa shape index (κ1) is 16.3. The molecular formula is C15H23NO4. The zero-order chi connectivity index (χ0) is 14.8. The summed E-state index contributed by atoms with van der Waals surface area (Å²) in [6.45, 7) is 5.84. The molecule has 1 rings (SSSR count). The van der Waals surface area contributed by atoms with Gasteiger partial charge in [-0.2, -0.15) is 0 Å². The first-order chi connectivity index (χ1) is 9.71. The second-order valence-corrected chi connectivity index (χ2v) is 4.26. The summed E-state index contributed by atoms with van der Waals surface area (Å²) >= 11 is 0. The first-order valence-corrected chi connectivity index (χ1v) is 6.87. The van der Waals surface area contributed by atoms with Crippen LogP contribution >= 0.6 is 0 Å². The lowest BCUT2D eigenvalue weighted by atomic mass is 10.2. The summed E-state index contributed by atoms with van der Waals surface area (Å²) in [6.07, 6.45) is 1.09. The Morgan fingerprint density at radius 2 is 2.05 bits per heavy atom. The maximum absolute atomic E-state index is 11.3. The normalized spacial score (nSPS) is 10.2. The van der Waals surface area contributed by atoms with Crippen molar-refractivity contribution >= 4 is 5.97 Å². The molecule has 20 heavy (non-hydrogen) atoms. The highest BCUT2D eigenvalue weighted by atomic mass is 16.6. The quantitative estimate of drug-likeness (QED) is 0.555. The second kappa shape index (κ2) is 9.20. The van der Waals surface area contributed by atoms with Gasteiger partial charge in [-0.15, -0.1) is 0 Å². The Morgan fingerprint density at radius 1 is 1.25 bits per heavy atom. The highest BCUT2D eigenvalue weighted by Gasteiger charge is 2.09. The lowest BCUT2D eigenvalue weighted by molar-refractivity contribution is -0.145. The minimum atomic E-state index is -0.385. The number of carbonyl (C=O) groups is 1. The molecule has 1 aromatic rings. The Balaban J connectivity index is 2.65. The van der Waals surface area contributed by atoms with Crippen molar-refractivity contribution in [1.82, 2.24) is 5.32 Å². The molecular weight excluding hydrogens is 258 g/mol. The molecule has 0 aliphatic carbocycles. The third-order valence-corrected chi connectivity index (χ3v) is 2.63. The van der Waals surface area contributed by atoms with Crippen molar-refractivity contribution < 1.29 is 19.0 Å². The monoisotopic (exact) mass is 281 g/mol. The van der Waals surface area contributed by atoms with Crippen LogP contribution in [0.4, 0.5) is 0 Å². The summed E-state index contributed by atoms with van der Waals surface area (Å²) in [5.41, 5.74) is 1.08. The van der Waals surface area contributed by atoms with Gasteiger partial charge in [0.15, 0.2) is 18.1 Å². The standard InChI is InChI=1S/C15H23NO4/c1-4-8-16-10-12-6-7-13(18-3)14(9-12)20-11-15(17)19-5-2/h6-7,9,16H,4-5,8,10-11H2,1-3H3. The number of rotatable bonds is 9. The van der Waals surface area contributed by atoms with Crippen LogP contribution in [-0.2, 0) is 16.1 Å². The van der Waals surface area contributed by atoms with Crippen LogP contribution in [0.15, 0.2) is 18.2 Å². The molecule has 5 heteroatoms. The number of methoxy groups -OCH3 is 1. The number of nitrogens with one attached hydrogen (secondary N) is 1. The van der Waals surface area contributed by atoms with E-state index in [1.807, 2.05) is 18.2 Å². The highest BCUT2D eigenvalue weighted by Crippen LogP contribution is 2.28. The van der Waals surface area contributed by atoms with Gasteiger partial charge in [-0.3, -0.25) is 0 Å². The van der Waals surface area contributed by atoms with Crippen LogP contribution < -0.4 is 14.8 Å². The van der Waals surface area contributed by atoms with Gasteiger partial charge in [-0.05, 0) is 37.6 Å². The molecule has 0 aliphatic rings. The van der Waals surface area contributed by atoms with Crippen LogP contribution in [0.25, 0.3) is 0 Å². The zero-order valence-corrected chi connectivity index (χ0v) is 12.4. The minimum absolute atomic E-state index is 0.115. The molecule has 0 atom stereocenters. The van der Waals surface area contributed by atoms with Crippen molar-refractivity contribution in [2.75, 3.05) is 26.9 Å². The van der Waals surface area contributed by atoms with Gasteiger partial charge in [0.1, 0.15) is 0 Å². The summed E-state index contributed by atoms with van der Waals surface area (Å²) in [5.74, 6) is 0.772. The number of carbonyl (C=O) groups excluding carboxylic acids is 1. The minimum Gasteiger partial charge on any atom is -0.493 e. The van der Waals surface area contributed by atoms with Gasteiger partial charge in [-0.25, -0.2) is 4.79 Å². The zero-order valence-electron chi connectivity index (χ0n) is 12.4. The van der Waals surface area contributed by atoms with Crippen LogP contribution in [-0.4, -0.2) is 32.8 Å². The molecule has 0 spiro atoms. The number of benzene rings is 1. The topological polar surface area (TPSA) is 56.8 Å². The number of hydrogen-bond donors (Lipinski definition) is 1. The summed E-state index contributed by atoms with van der Waals surface area (Å²) in [5, 5.41) is 3.31. The molecule has 0 aliphatic heterocycles. The molecule has 0 radical (unpaired) electrons. The second-order valence-electron chi connectivity index (χ2n) is 4.26. The van der Waals surface area contributed by atoms with Gasteiger partial charge in [0.05, 0.1) is 13.7 Å². The molecule has 0 unspecified atom stereocenters. The Labute approximate surface area is 120 Å². The van der Waals surface area contributed by atoms with Crippen LogP contribution in [0, 0.1) is 0 Å². The SMILES string of the molecule is CCCNCc1ccc(OC)c(OCC(=O)OCC)c1. The predicted molar refractivity (Wildman–Crippen MR) is 77.1 cm³/mol. The molecule has 1 aromatic carbocycles. The third kappa shape index (κ3) is 5.48. The van der Waals surface area contributed by atoms with Gasteiger partial charge >= 0.3 is 5.97 Å². The summed E-state index contributed by atoms with van der Waals surface area (Å²) in [7, 11) is 1.57. The maximum atomic E-state index is 11.3. The third-order valence-electron chi connectivity index (χ3n) is 2.63. The van der Waals surface area contributed by atoms with E-state index in [0.29, 0.717) is 18.1 Å². The molecule has 0 heterocycles. The summed E-state index contributed by atoms with van der Waals surface area (Å²) in [4.78, 5) is 11.3. The van der Waals surface area contributed by atoms with Crippen molar-refractivity contribution in [1.29, 1.82) is 0 Å². The average Bonchev–Trinajstić information content (AvgIpc) is 2.46. The van der Waals surface area contributed by atoms with E-state index in [1.165, 1.54) is 0 Å². The molecule has 1 N–H and O–H groups in total. The van der Waals surface area contributed by atoms with E-state index in [0.717, 1.165) is 25.1 Å². The van der Waals surface area contributed by atoms with Crippen LogP contribution in [0.5, 0.6) is 11.5 Å². The fourth-order valence-electron chi connectivity index (χ4n) is 1.69. The van der Waals surface area contributed by atoms with Gasteiger partial charge < -0.3 is 19.5 Å². The van der Waals surface area contributed by atoms with Crippen molar-refractivity contribution in [3.8, 4) is 11.5 Å².